The number of alkyl halides is 2. The highest BCUT2D eigenvalue weighted by Crippen LogP contribution is 2.51. The first-order valence-corrected chi connectivity index (χ1v) is 6.49. The molecular formula is C15H15F2N. The summed E-state index contributed by atoms with van der Waals surface area (Å²) < 4.78 is 28.1. The van der Waals surface area contributed by atoms with Crippen LogP contribution in [-0.2, 0) is 11.3 Å². The summed E-state index contributed by atoms with van der Waals surface area (Å²) in [5.41, 5.74) is 0.355. The minimum absolute atomic E-state index is 0.0871. The van der Waals surface area contributed by atoms with Crippen LogP contribution >= 0.6 is 0 Å². The first-order chi connectivity index (χ1) is 8.58. The molecule has 94 valence electrons. The molecule has 1 aromatic carbocycles. The van der Waals surface area contributed by atoms with Gasteiger partial charge in [0.15, 0.2) is 0 Å². The average molecular weight is 247 g/mol. The van der Waals surface area contributed by atoms with E-state index in [-0.39, 0.29) is 5.56 Å². The van der Waals surface area contributed by atoms with Crippen molar-refractivity contribution in [2.24, 2.45) is 5.92 Å². The molecular weight excluding hydrogens is 232 g/mol. The Morgan fingerprint density at radius 3 is 2.50 bits per heavy atom. The fraction of sp³-hybridized carbons (Fsp3) is 0.533. The second-order valence-electron chi connectivity index (χ2n) is 5.53. The third-order valence-corrected chi connectivity index (χ3v) is 4.31. The molecule has 2 aliphatic rings. The monoisotopic (exact) mass is 247 g/mol. The Labute approximate surface area is 105 Å². The number of halogens is 2. The Bertz CT molecular complexity index is 507. The largest absolute Gasteiger partial charge is 0.276 e. The molecule has 3 heteroatoms. The Hall–Kier alpha value is -1.43. The first-order valence-electron chi connectivity index (χ1n) is 6.49. The van der Waals surface area contributed by atoms with Gasteiger partial charge in [-0.15, -0.1) is 0 Å². The number of nitrogens with zero attached hydrogens (tertiary/aromatic N) is 1. The van der Waals surface area contributed by atoms with Crippen LogP contribution in [0.25, 0.3) is 0 Å². The van der Waals surface area contributed by atoms with Gasteiger partial charge in [0.2, 0.25) is 0 Å². The molecule has 1 nitrogen and oxygen atoms in total. The molecule has 0 amide bonds. The summed E-state index contributed by atoms with van der Waals surface area (Å²) in [6.45, 7) is 0. The highest BCUT2D eigenvalue weighted by Gasteiger charge is 2.48. The summed E-state index contributed by atoms with van der Waals surface area (Å²) >= 11 is 0. The second-order valence-corrected chi connectivity index (χ2v) is 5.53. The maximum absolute atomic E-state index is 14.1. The van der Waals surface area contributed by atoms with Gasteiger partial charge in [-0.2, -0.15) is 5.26 Å². The molecule has 2 saturated carbocycles. The van der Waals surface area contributed by atoms with Crippen molar-refractivity contribution in [1.29, 1.82) is 5.26 Å². The maximum atomic E-state index is 14.1. The molecule has 2 aliphatic carbocycles. The fourth-order valence-corrected chi connectivity index (χ4v) is 2.70. The normalized spacial score (nSPS) is 22.1. The van der Waals surface area contributed by atoms with Crippen LogP contribution in [-0.4, -0.2) is 0 Å². The van der Waals surface area contributed by atoms with E-state index >= 15 is 0 Å². The van der Waals surface area contributed by atoms with Crippen molar-refractivity contribution in [3.8, 4) is 6.07 Å². The zero-order valence-electron chi connectivity index (χ0n) is 10.1. The highest BCUT2D eigenvalue weighted by molar-refractivity contribution is 5.39. The summed E-state index contributed by atoms with van der Waals surface area (Å²) in [7, 11) is 0. The lowest BCUT2D eigenvalue weighted by Gasteiger charge is -2.36. The molecule has 0 heterocycles. The van der Waals surface area contributed by atoms with Crippen LogP contribution in [0.4, 0.5) is 8.78 Å². The summed E-state index contributed by atoms with van der Waals surface area (Å²) in [6.07, 6.45) is 3.82. The quantitative estimate of drug-likeness (QED) is 0.787. The van der Waals surface area contributed by atoms with Gasteiger partial charge in [0.1, 0.15) is 0 Å². The van der Waals surface area contributed by atoms with Crippen molar-refractivity contribution in [3.63, 3.8) is 0 Å². The summed E-state index contributed by atoms with van der Waals surface area (Å²) in [5.74, 6) is -3.22. The van der Waals surface area contributed by atoms with Crippen molar-refractivity contribution in [1.82, 2.24) is 0 Å². The maximum Gasteiger partial charge on any atom is 0.276 e. The van der Waals surface area contributed by atoms with Gasteiger partial charge in [-0.3, -0.25) is 0 Å². The van der Waals surface area contributed by atoms with Crippen molar-refractivity contribution in [3.05, 3.63) is 35.4 Å². The molecule has 2 fully saturated rings. The lowest BCUT2D eigenvalue weighted by atomic mass is 9.65. The van der Waals surface area contributed by atoms with Crippen LogP contribution < -0.4 is 0 Å². The topological polar surface area (TPSA) is 23.8 Å². The number of rotatable bonds is 3. The average Bonchev–Trinajstić information content (AvgIpc) is 3.13. The van der Waals surface area contributed by atoms with Crippen molar-refractivity contribution in [2.75, 3.05) is 0 Å². The zero-order chi connectivity index (χ0) is 12.8. The Morgan fingerprint density at radius 1 is 1.28 bits per heavy atom. The van der Waals surface area contributed by atoms with Crippen LogP contribution in [0.3, 0.4) is 0 Å². The van der Waals surface area contributed by atoms with Gasteiger partial charge in [-0.05, 0) is 43.7 Å². The Balaban J connectivity index is 1.97. The second kappa shape index (κ2) is 3.78. The van der Waals surface area contributed by atoms with Crippen LogP contribution in [0, 0.1) is 17.2 Å². The molecule has 0 spiro atoms. The third kappa shape index (κ3) is 1.63. The first kappa shape index (κ1) is 11.6. The lowest BCUT2D eigenvalue weighted by Crippen LogP contribution is -2.32. The molecule has 0 aliphatic heterocycles. The molecule has 0 N–H and O–H groups in total. The Kier molecular flexibility index (Phi) is 2.45. The SMILES string of the molecule is N#CC1(c2cccc(C(F)(F)C3CC3)c2)CCC1. The van der Waals surface area contributed by atoms with Gasteiger partial charge in [-0.1, -0.05) is 18.2 Å². The van der Waals surface area contributed by atoms with E-state index in [1.165, 1.54) is 6.07 Å². The number of hydrogen-bond donors (Lipinski definition) is 0. The van der Waals surface area contributed by atoms with Crippen LogP contribution in [0.15, 0.2) is 24.3 Å². The van der Waals surface area contributed by atoms with Crippen molar-refractivity contribution < 1.29 is 8.78 Å². The van der Waals surface area contributed by atoms with Crippen molar-refractivity contribution >= 4 is 0 Å². The van der Waals surface area contributed by atoms with E-state index in [0.29, 0.717) is 12.8 Å². The Morgan fingerprint density at radius 2 is 2.00 bits per heavy atom. The predicted molar refractivity (Wildman–Crippen MR) is 64.2 cm³/mol. The molecule has 0 unspecified atom stereocenters. The van der Waals surface area contributed by atoms with Crippen LogP contribution in [0.1, 0.15) is 43.2 Å². The number of benzene rings is 1. The smallest absolute Gasteiger partial charge is 0.201 e. The van der Waals surface area contributed by atoms with Gasteiger partial charge in [0.05, 0.1) is 11.5 Å². The molecule has 3 rings (SSSR count). The van der Waals surface area contributed by atoms with E-state index in [0.717, 1.165) is 24.8 Å². The van der Waals surface area contributed by atoms with Gasteiger partial charge in [-0.25, -0.2) is 8.78 Å². The fourth-order valence-electron chi connectivity index (χ4n) is 2.70. The van der Waals surface area contributed by atoms with E-state index in [2.05, 4.69) is 6.07 Å². The minimum Gasteiger partial charge on any atom is -0.201 e. The van der Waals surface area contributed by atoms with E-state index < -0.39 is 17.3 Å². The van der Waals surface area contributed by atoms with Gasteiger partial charge in [0.25, 0.3) is 5.92 Å². The zero-order valence-corrected chi connectivity index (χ0v) is 10.1. The summed E-state index contributed by atoms with van der Waals surface area (Å²) in [6, 6.07) is 8.84. The summed E-state index contributed by atoms with van der Waals surface area (Å²) in [5, 5.41) is 9.27. The molecule has 0 radical (unpaired) electrons. The van der Waals surface area contributed by atoms with Gasteiger partial charge in [0, 0.05) is 11.5 Å². The minimum atomic E-state index is -2.73. The van der Waals surface area contributed by atoms with E-state index in [4.69, 9.17) is 0 Å². The molecule has 0 atom stereocenters. The molecule has 0 aromatic heterocycles. The third-order valence-electron chi connectivity index (χ3n) is 4.31. The number of hydrogen-bond acceptors (Lipinski definition) is 1. The highest BCUT2D eigenvalue weighted by atomic mass is 19.3. The van der Waals surface area contributed by atoms with Crippen LogP contribution in [0.5, 0.6) is 0 Å². The van der Waals surface area contributed by atoms with Crippen LogP contribution in [0.2, 0.25) is 0 Å². The summed E-state index contributed by atoms with van der Waals surface area (Å²) in [4.78, 5) is 0. The molecule has 0 saturated heterocycles. The van der Waals surface area contributed by atoms with E-state index in [1.54, 1.807) is 12.1 Å². The molecule has 0 bridgehead atoms. The molecule has 1 aromatic rings. The molecule has 18 heavy (non-hydrogen) atoms. The van der Waals surface area contributed by atoms with E-state index in [1.807, 2.05) is 6.07 Å². The van der Waals surface area contributed by atoms with Crippen molar-refractivity contribution in [2.45, 2.75) is 43.4 Å². The predicted octanol–water partition coefficient (Wildman–Crippen LogP) is 4.13. The van der Waals surface area contributed by atoms with Gasteiger partial charge < -0.3 is 0 Å². The lowest BCUT2D eigenvalue weighted by molar-refractivity contribution is -0.0286. The van der Waals surface area contributed by atoms with E-state index in [9.17, 15) is 14.0 Å². The standard InChI is InChI=1S/C15H15F2N/c16-15(17,11-5-6-11)13-4-1-3-12(9-13)14(10-18)7-2-8-14/h1,3-4,9,11H,2,5-8H2. The van der Waals surface area contributed by atoms with Gasteiger partial charge >= 0.3 is 0 Å². The number of nitriles is 1.